The molecule has 9 heteroatoms. The molecule has 2 aliphatic heterocycles. The first-order valence-corrected chi connectivity index (χ1v) is 11.1. The van der Waals surface area contributed by atoms with Crippen molar-refractivity contribution in [2.75, 3.05) is 39.3 Å². The highest BCUT2D eigenvalue weighted by Gasteiger charge is 2.37. The molecule has 0 radical (unpaired) electrons. The molecule has 2 amide bonds. The predicted octanol–water partition coefficient (Wildman–Crippen LogP) is 2.63. The minimum absolute atomic E-state index is 0.00758. The second-order valence-corrected chi connectivity index (χ2v) is 8.92. The van der Waals surface area contributed by atoms with Crippen LogP contribution in [0.15, 0.2) is 42.0 Å². The number of thiazole rings is 1. The average Bonchev–Trinajstić information content (AvgIpc) is 3.27. The van der Waals surface area contributed by atoms with Crippen molar-refractivity contribution in [1.82, 2.24) is 24.7 Å². The smallest absolute Gasteiger partial charge is 0.282 e. The van der Waals surface area contributed by atoms with Crippen LogP contribution in [0, 0.1) is 0 Å². The third-order valence-corrected chi connectivity index (χ3v) is 6.77. The lowest BCUT2D eigenvalue weighted by molar-refractivity contribution is 0.00852. The van der Waals surface area contributed by atoms with Gasteiger partial charge in [0.05, 0.1) is 11.1 Å². The highest BCUT2D eigenvalue weighted by Crippen LogP contribution is 2.23. The molecule has 2 saturated heterocycles. The van der Waals surface area contributed by atoms with Crippen molar-refractivity contribution in [1.29, 1.82) is 0 Å². The molecular weight excluding hydrogens is 422 g/mol. The van der Waals surface area contributed by atoms with Gasteiger partial charge in [-0.1, -0.05) is 17.7 Å². The van der Waals surface area contributed by atoms with Crippen LogP contribution in [0.1, 0.15) is 20.2 Å². The summed E-state index contributed by atoms with van der Waals surface area (Å²) < 4.78 is 0. The molecule has 2 fully saturated rings. The van der Waals surface area contributed by atoms with E-state index in [1.54, 1.807) is 24.5 Å². The molecule has 2 aliphatic rings. The van der Waals surface area contributed by atoms with Gasteiger partial charge in [0.1, 0.15) is 0 Å². The minimum Gasteiger partial charge on any atom is -0.335 e. The summed E-state index contributed by atoms with van der Waals surface area (Å²) in [6.07, 6.45) is 3.28. The van der Waals surface area contributed by atoms with Crippen LogP contribution >= 0.6 is 22.9 Å². The van der Waals surface area contributed by atoms with E-state index in [4.69, 9.17) is 11.6 Å². The van der Waals surface area contributed by atoms with Crippen molar-refractivity contribution in [3.63, 3.8) is 0 Å². The molecule has 30 heavy (non-hydrogen) atoms. The molecule has 1 aromatic carbocycles. The number of hydrogen-bond acceptors (Lipinski definition) is 6. The number of amides is 2. The summed E-state index contributed by atoms with van der Waals surface area (Å²) in [6.45, 7) is 4.44. The maximum atomic E-state index is 12.8. The van der Waals surface area contributed by atoms with Gasteiger partial charge >= 0.3 is 0 Å². The summed E-state index contributed by atoms with van der Waals surface area (Å²) >= 11 is 7.38. The zero-order valence-corrected chi connectivity index (χ0v) is 17.8. The third-order valence-electron chi connectivity index (χ3n) is 5.78. The van der Waals surface area contributed by atoms with E-state index in [2.05, 4.69) is 14.9 Å². The van der Waals surface area contributed by atoms with E-state index in [1.807, 2.05) is 27.3 Å². The molecule has 0 aliphatic carbocycles. The fourth-order valence-corrected chi connectivity index (χ4v) is 4.77. The molecule has 0 saturated carbocycles. The molecule has 0 unspecified atom stereocenters. The van der Waals surface area contributed by atoms with Gasteiger partial charge in [0.2, 0.25) is 0 Å². The maximum Gasteiger partial charge on any atom is 0.282 e. The molecule has 2 aromatic heterocycles. The number of carbonyl (C=O) groups excluding carboxylic acids is 2. The Labute approximate surface area is 182 Å². The summed E-state index contributed by atoms with van der Waals surface area (Å²) in [5, 5.41) is 3.91. The van der Waals surface area contributed by atoms with Crippen LogP contribution < -0.4 is 0 Å². The number of hydrogen-bond donors (Lipinski definition) is 0. The first-order chi connectivity index (χ1) is 14.6. The number of aromatic nitrogens is 2. The molecule has 4 heterocycles. The molecular formula is C21H20ClN5O2S. The molecule has 0 bridgehead atoms. The van der Waals surface area contributed by atoms with E-state index in [0.717, 1.165) is 24.0 Å². The van der Waals surface area contributed by atoms with Gasteiger partial charge in [-0.05, 0) is 18.2 Å². The molecule has 0 atom stereocenters. The van der Waals surface area contributed by atoms with Gasteiger partial charge in [-0.15, -0.1) is 11.3 Å². The summed E-state index contributed by atoms with van der Waals surface area (Å²) in [7, 11) is 0. The maximum absolute atomic E-state index is 12.8. The Morgan fingerprint density at radius 3 is 2.53 bits per heavy atom. The van der Waals surface area contributed by atoms with Crippen molar-refractivity contribution >= 4 is 45.7 Å². The topological polar surface area (TPSA) is 69.6 Å². The van der Waals surface area contributed by atoms with Crippen molar-refractivity contribution in [2.45, 2.75) is 6.04 Å². The summed E-state index contributed by atoms with van der Waals surface area (Å²) in [6, 6.07) is 7.70. The van der Waals surface area contributed by atoms with E-state index in [1.165, 1.54) is 11.3 Å². The number of benzene rings is 1. The Morgan fingerprint density at radius 1 is 1.00 bits per heavy atom. The van der Waals surface area contributed by atoms with Crippen LogP contribution in [-0.4, -0.2) is 81.8 Å². The van der Waals surface area contributed by atoms with E-state index in [9.17, 15) is 9.59 Å². The zero-order chi connectivity index (χ0) is 20.7. The van der Waals surface area contributed by atoms with Crippen molar-refractivity contribution in [2.24, 2.45) is 0 Å². The van der Waals surface area contributed by atoms with Gasteiger partial charge in [0, 0.05) is 73.5 Å². The quantitative estimate of drug-likeness (QED) is 0.625. The Balaban J connectivity index is 1.15. The lowest BCUT2D eigenvalue weighted by atomic mass is 10.0. The number of carbonyl (C=O) groups is 2. The van der Waals surface area contributed by atoms with Crippen molar-refractivity contribution in [3.05, 3.63) is 57.6 Å². The van der Waals surface area contributed by atoms with E-state index in [-0.39, 0.29) is 11.8 Å². The molecule has 7 nitrogen and oxygen atoms in total. The van der Waals surface area contributed by atoms with Gasteiger partial charge < -0.3 is 9.80 Å². The Kier molecular flexibility index (Phi) is 5.14. The Morgan fingerprint density at radius 2 is 1.80 bits per heavy atom. The second-order valence-electron chi connectivity index (χ2n) is 7.59. The number of piperazine rings is 1. The SMILES string of the molecule is O=C(c1cnc2cc(Cl)ccc2c1)N1CC(N2CCN(C(=O)c3nccs3)CC2)C1. The predicted molar refractivity (Wildman–Crippen MR) is 116 cm³/mol. The monoisotopic (exact) mass is 441 g/mol. The number of rotatable bonds is 3. The molecule has 5 rings (SSSR count). The van der Waals surface area contributed by atoms with Crippen LogP contribution in [0.3, 0.4) is 0 Å². The number of pyridine rings is 1. The van der Waals surface area contributed by atoms with Crippen LogP contribution in [0.2, 0.25) is 5.02 Å². The van der Waals surface area contributed by atoms with Gasteiger partial charge in [0.25, 0.3) is 11.8 Å². The first kappa shape index (κ1) is 19.4. The van der Waals surface area contributed by atoms with Crippen LogP contribution in [0.25, 0.3) is 10.9 Å². The number of halogens is 1. The highest BCUT2D eigenvalue weighted by atomic mass is 35.5. The number of likely N-dealkylation sites (tertiary alicyclic amines) is 1. The summed E-state index contributed by atoms with van der Waals surface area (Å²) in [4.78, 5) is 39.8. The Hall–Kier alpha value is -2.55. The summed E-state index contributed by atoms with van der Waals surface area (Å²) in [5.74, 6) is 0.0216. The van der Waals surface area contributed by atoms with Crippen LogP contribution in [0.4, 0.5) is 0 Å². The van der Waals surface area contributed by atoms with E-state index in [0.29, 0.717) is 47.8 Å². The number of nitrogens with zero attached hydrogens (tertiary/aromatic N) is 5. The standard InChI is InChI=1S/C21H20ClN5O2S/c22-16-2-1-14-9-15(11-24-18(14)10-16)20(28)27-12-17(13-27)25-4-6-26(7-5-25)21(29)19-23-3-8-30-19/h1-3,8-11,17H,4-7,12-13H2. The number of fused-ring (bicyclic) bond motifs is 1. The molecule has 154 valence electrons. The summed E-state index contributed by atoms with van der Waals surface area (Å²) in [5.41, 5.74) is 1.38. The average molecular weight is 442 g/mol. The fourth-order valence-electron chi connectivity index (χ4n) is 4.00. The highest BCUT2D eigenvalue weighted by molar-refractivity contribution is 7.11. The molecule has 0 N–H and O–H groups in total. The van der Waals surface area contributed by atoms with Gasteiger partial charge in [-0.2, -0.15) is 0 Å². The second kappa shape index (κ2) is 7.94. The lowest BCUT2D eigenvalue weighted by Gasteiger charge is -2.48. The largest absolute Gasteiger partial charge is 0.335 e. The third kappa shape index (κ3) is 3.66. The van der Waals surface area contributed by atoms with Crippen LogP contribution in [0.5, 0.6) is 0 Å². The molecule has 0 spiro atoms. The van der Waals surface area contributed by atoms with Gasteiger partial charge in [-0.3, -0.25) is 19.5 Å². The van der Waals surface area contributed by atoms with E-state index < -0.39 is 0 Å². The minimum atomic E-state index is 0.00758. The first-order valence-electron chi connectivity index (χ1n) is 9.86. The van der Waals surface area contributed by atoms with E-state index >= 15 is 0 Å². The zero-order valence-electron chi connectivity index (χ0n) is 16.2. The van der Waals surface area contributed by atoms with Gasteiger partial charge in [0.15, 0.2) is 5.01 Å². The fraction of sp³-hybridized carbons (Fsp3) is 0.333. The van der Waals surface area contributed by atoms with Gasteiger partial charge in [-0.25, -0.2) is 4.98 Å². The molecule has 3 aromatic rings. The van der Waals surface area contributed by atoms with Crippen molar-refractivity contribution < 1.29 is 9.59 Å². The van der Waals surface area contributed by atoms with Crippen LogP contribution in [-0.2, 0) is 0 Å². The normalized spacial score (nSPS) is 17.9. The van der Waals surface area contributed by atoms with Crippen molar-refractivity contribution in [3.8, 4) is 0 Å². The Bertz CT molecular complexity index is 1090. The lowest BCUT2D eigenvalue weighted by Crippen LogP contribution is -2.64.